The Morgan fingerprint density at radius 2 is 1.67 bits per heavy atom. The summed E-state index contributed by atoms with van der Waals surface area (Å²) in [4.78, 5) is 0. The molecule has 0 nitrogen and oxygen atoms in total. The van der Waals surface area contributed by atoms with Crippen molar-refractivity contribution in [3.8, 4) is 0 Å². The van der Waals surface area contributed by atoms with Crippen LogP contribution in [0.25, 0.3) is 0 Å². The smallest absolute Gasteiger partial charge is 0.0169 e. The molecule has 12 heavy (non-hydrogen) atoms. The predicted octanol–water partition coefficient (Wildman–Crippen LogP) is 4.34. The summed E-state index contributed by atoms with van der Waals surface area (Å²) >= 11 is 0. The van der Waals surface area contributed by atoms with Gasteiger partial charge in [-0.05, 0) is 31.6 Å². The highest BCUT2D eigenvalue weighted by Gasteiger charge is 1.88. The van der Waals surface area contributed by atoms with E-state index >= 15 is 0 Å². The Kier molecular flexibility index (Phi) is 8.20. The summed E-state index contributed by atoms with van der Waals surface area (Å²) < 4.78 is 0. The molecule has 0 aromatic heterocycles. The van der Waals surface area contributed by atoms with Gasteiger partial charge in [-0.3, -0.25) is 0 Å². The van der Waals surface area contributed by atoms with Crippen molar-refractivity contribution in [1.29, 1.82) is 0 Å². The van der Waals surface area contributed by atoms with Crippen molar-refractivity contribution in [2.45, 2.75) is 46.5 Å². The maximum absolute atomic E-state index is 2.29. The highest BCUT2D eigenvalue weighted by atomic mass is 13.9. The molecule has 0 aromatic carbocycles. The van der Waals surface area contributed by atoms with Crippen LogP contribution in [0, 0.1) is 5.92 Å². The molecule has 0 heteroatoms. The minimum absolute atomic E-state index is 0.834. The van der Waals surface area contributed by atoms with Gasteiger partial charge in [-0.2, -0.15) is 0 Å². The summed E-state index contributed by atoms with van der Waals surface area (Å²) in [5, 5.41) is 0. The van der Waals surface area contributed by atoms with Crippen LogP contribution < -0.4 is 0 Å². The zero-order chi connectivity index (χ0) is 9.23. The molecule has 0 rings (SSSR count). The third-order valence-corrected chi connectivity index (χ3v) is 1.75. The van der Waals surface area contributed by atoms with Gasteiger partial charge >= 0.3 is 0 Å². The first-order valence-electron chi connectivity index (χ1n) is 5.07. The monoisotopic (exact) mass is 166 g/mol. The summed E-state index contributed by atoms with van der Waals surface area (Å²) in [7, 11) is 0. The number of hydrogen-bond donors (Lipinski definition) is 0. The highest BCUT2D eigenvalue weighted by molar-refractivity contribution is 4.92. The first-order valence-corrected chi connectivity index (χ1v) is 5.07. The molecule has 0 aliphatic carbocycles. The molecular formula is C12H22. The number of rotatable bonds is 6. The average molecular weight is 166 g/mol. The SMILES string of the molecule is CCC=CCC=CCCC(C)C. The molecule has 0 fully saturated rings. The summed E-state index contributed by atoms with van der Waals surface area (Å²) in [5.74, 6) is 0.834. The van der Waals surface area contributed by atoms with E-state index in [1.54, 1.807) is 0 Å². The Balaban J connectivity index is 3.20. The Labute approximate surface area is 77.4 Å². The zero-order valence-electron chi connectivity index (χ0n) is 8.72. The lowest BCUT2D eigenvalue weighted by molar-refractivity contribution is 0.594. The van der Waals surface area contributed by atoms with Gasteiger partial charge in [0.05, 0.1) is 0 Å². The molecule has 0 saturated heterocycles. The maximum atomic E-state index is 2.29. The molecule has 0 aliphatic rings. The van der Waals surface area contributed by atoms with E-state index in [0.29, 0.717) is 0 Å². The topological polar surface area (TPSA) is 0 Å². The minimum atomic E-state index is 0.834. The molecule has 0 radical (unpaired) electrons. The normalized spacial score (nSPS) is 12.3. The molecule has 0 heterocycles. The molecule has 0 amide bonds. The molecule has 70 valence electrons. The van der Waals surface area contributed by atoms with Gasteiger partial charge in [0.15, 0.2) is 0 Å². The minimum Gasteiger partial charge on any atom is -0.0885 e. The van der Waals surface area contributed by atoms with Crippen LogP contribution in [0.4, 0.5) is 0 Å². The Morgan fingerprint density at radius 1 is 1.00 bits per heavy atom. The van der Waals surface area contributed by atoms with Gasteiger partial charge in [0.2, 0.25) is 0 Å². The van der Waals surface area contributed by atoms with Crippen molar-refractivity contribution in [3.05, 3.63) is 24.3 Å². The Bertz CT molecular complexity index is 129. The van der Waals surface area contributed by atoms with Gasteiger partial charge in [-0.1, -0.05) is 45.1 Å². The lowest BCUT2D eigenvalue weighted by Crippen LogP contribution is -1.83. The lowest BCUT2D eigenvalue weighted by Gasteiger charge is -1.98. The third kappa shape index (κ3) is 9.48. The Hall–Kier alpha value is -0.520. The van der Waals surface area contributed by atoms with Crippen molar-refractivity contribution in [2.24, 2.45) is 5.92 Å². The second-order valence-electron chi connectivity index (χ2n) is 3.56. The fraction of sp³-hybridized carbons (Fsp3) is 0.667. The van der Waals surface area contributed by atoms with Crippen LogP contribution in [-0.2, 0) is 0 Å². The first-order chi connectivity index (χ1) is 5.77. The van der Waals surface area contributed by atoms with E-state index in [2.05, 4.69) is 45.1 Å². The molecule has 0 spiro atoms. The fourth-order valence-electron chi connectivity index (χ4n) is 0.985. The fourth-order valence-corrected chi connectivity index (χ4v) is 0.985. The summed E-state index contributed by atoms with van der Waals surface area (Å²) in [6, 6.07) is 0. The van der Waals surface area contributed by atoms with Crippen LogP contribution in [0.1, 0.15) is 46.5 Å². The van der Waals surface area contributed by atoms with Crippen LogP contribution in [0.5, 0.6) is 0 Å². The molecule has 0 aliphatic heterocycles. The second kappa shape index (κ2) is 8.58. The zero-order valence-corrected chi connectivity index (χ0v) is 8.72. The van der Waals surface area contributed by atoms with E-state index in [9.17, 15) is 0 Å². The van der Waals surface area contributed by atoms with E-state index in [0.717, 1.165) is 18.8 Å². The van der Waals surface area contributed by atoms with Gasteiger partial charge in [0.25, 0.3) is 0 Å². The van der Waals surface area contributed by atoms with Gasteiger partial charge in [-0.15, -0.1) is 0 Å². The predicted molar refractivity (Wildman–Crippen MR) is 57.3 cm³/mol. The summed E-state index contributed by atoms with van der Waals surface area (Å²) in [5.41, 5.74) is 0. The van der Waals surface area contributed by atoms with Crippen molar-refractivity contribution in [3.63, 3.8) is 0 Å². The number of hydrogen-bond acceptors (Lipinski definition) is 0. The maximum Gasteiger partial charge on any atom is -0.0169 e. The Morgan fingerprint density at radius 3 is 2.25 bits per heavy atom. The van der Waals surface area contributed by atoms with Crippen LogP contribution in [0.15, 0.2) is 24.3 Å². The van der Waals surface area contributed by atoms with Crippen molar-refractivity contribution in [1.82, 2.24) is 0 Å². The molecule has 0 unspecified atom stereocenters. The van der Waals surface area contributed by atoms with E-state index in [4.69, 9.17) is 0 Å². The lowest BCUT2D eigenvalue weighted by atomic mass is 10.1. The van der Waals surface area contributed by atoms with Gasteiger partial charge in [0.1, 0.15) is 0 Å². The molecule has 0 saturated carbocycles. The van der Waals surface area contributed by atoms with Gasteiger partial charge in [-0.25, -0.2) is 0 Å². The van der Waals surface area contributed by atoms with Crippen LogP contribution in [0.2, 0.25) is 0 Å². The largest absolute Gasteiger partial charge is 0.0885 e. The van der Waals surface area contributed by atoms with E-state index in [1.165, 1.54) is 12.8 Å². The van der Waals surface area contributed by atoms with E-state index in [-0.39, 0.29) is 0 Å². The molecular weight excluding hydrogens is 144 g/mol. The molecule has 0 bridgehead atoms. The first kappa shape index (κ1) is 11.5. The summed E-state index contributed by atoms with van der Waals surface area (Å²) in [6.07, 6.45) is 13.8. The third-order valence-electron chi connectivity index (χ3n) is 1.75. The number of allylic oxidation sites excluding steroid dienone is 4. The summed E-state index contributed by atoms with van der Waals surface area (Å²) in [6.45, 7) is 6.70. The molecule has 0 aromatic rings. The highest BCUT2D eigenvalue weighted by Crippen LogP contribution is 2.04. The van der Waals surface area contributed by atoms with Crippen LogP contribution in [0.3, 0.4) is 0 Å². The average Bonchev–Trinajstić information content (AvgIpc) is 2.02. The van der Waals surface area contributed by atoms with E-state index in [1.807, 2.05) is 0 Å². The van der Waals surface area contributed by atoms with Crippen LogP contribution in [-0.4, -0.2) is 0 Å². The van der Waals surface area contributed by atoms with Crippen molar-refractivity contribution < 1.29 is 0 Å². The second-order valence-corrected chi connectivity index (χ2v) is 3.56. The van der Waals surface area contributed by atoms with E-state index < -0.39 is 0 Å². The standard InChI is InChI=1S/C12H22/c1-4-5-6-7-8-9-10-11-12(2)3/h5-6,8-9,12H,4,7,10-11H2,1-3H3. The van der Waals surface area contributed by atoms with Crippen molar-refractivity contribution >= 4 is 0 Å². The van der Waals surface area contributed by atoms with Gasteiger partial charge < -0.3 is 0 Å². The van der Waals surface area contributed by atoms with Crippen LogP contribution >= 0.6 is 0 Å². The molecule has 0 atom stereocenters. The van der Waals surface area contributed by atoms with Gasteiger partial charge in [0, 0.05) is 0 Å². The quantitative estimate of drug-likeness (QED) is 0.515. The van der Waals surface area contributed by atoms with Crippen molar-refractivity contribution in [2.75, 3.05) is 0 Å². The molecule has 0 N–H and O–H groups in total.